The lowest BCUT2D eigenvalue weighted by molar-refractivity contribution is 0.271. The van der Waals surface area contributed by atoms with Crippen molar-refractivity contribution in [3.63, 3.8) is 0 Å². The average Bonchev–Trinajstić information content (AvgIpc) is 2.43. The zero-order valence-corrected chi connectivity index (χ0v) is 12.5. The normalized spacial score (nSPS) is 10.6. The van der Waals surface area contributed by atoms with Gasteiger partial charge in [-0.3, -0.25) is 0 Å². The monoisotopic (exact) mass is 269 g/mol. The molecular formula is C18H23NO. The maximum atomic E-state index is 5.75. The van der Waals surface area contributed by atoms with Gasteiger partial charge in [0.25, 0.3) is 0 Å². The van der Waals surface area contributed by atoms with E-state index in [2.05, 4.69) is 62.5 Å². The fraction of sp³-hybridized carbons (Fsp3) is 0.333. The number of rotatable bonds is 6. The van der Waals surface area contributed by atoms with Crippen molar-refractivity contribution in [2.24, 2.45) is 5.92 Å². The van der Waals surface area contributed by atoms with Gasteiger partial charge >= 0.3 is 0 Å². The zero-order chi connectivity index (χ0) is 14.4. The Hall–Kier alpha value is -1.96. The van der Waals surface area contributed by atoms with Crippen LogP contribution in [0.5, 0.6) is 5.75 Å². The van der Waals surface area contributed by atoms with Gasteiger partial charge < -0.3 is 10.1 Å². The van der Waals surface area contributed by atoms with E-state index in [1.807, 2.05) is 12.1 Å². The van der Waals surface area contributed by atoms with Crippen LogP contribution in [0.1, 0.15) is 25.0 Å². The molecule has 2 heteroatoms. The lowest BCUT2D eigenvalue weighted by atomic mass is 10.2. The lowest BCUT2D eigenvalue weighted by Crippen LogP contribution is -2.05. The highest BCUT2D eigenvalue weighted by atomic mass is 16.5. The maximum Gasteiger partial charge on any atom is 0.119 e. The lowest BCUT2D eigenvalue weighted by Gasteiger charge is -2.11. The average molecular weight is 269 g/mol. The van der Waals surface area contributed by atoms with Crippen LogP contribution < -0.4 is 10.1 Å². The van der Waals surface area contributed by atoms with Crippen molar-refractivity contribution in [1.82, 2.24) is 0 Å². The summed E-state index contributed by atoms with van der Waals surface area (Å²) in [4.78, 5) is 0. The standard InChI is InChI=1S/C18H23NO/c1-14(2)13-20-18-9-5-7-16(11-18)12-19-17-8-4-6-15(3)10-17/h4-11,14,19H,12-13H2,1-3H3. The van der Waals surface area contributed by atoms with Crippen molar-refractivity contribution in [3.8, 4) is 5.75 Å². The first kappa shape index (κ1) is 14.4. The second-order valence-corrected chi connectivity index (χ2v) is 5.58. The number of anilines is 1. The molecule has 0 amide bonds. The van der Waals surface area contributed by atoms with E-state index < -0.39 is 0 Å². The van der Waals surface area contributed by atoms with Crippen LogP contribution in [0.4, 0.5) is 5.69 Å². The molecule has 0 unspecified atom stereocenters. The van der Waals surface area contributed by atoms with Crippen LogP contribution in [0, 0.1) is 12.8 Å². The Morgan fingerprint density at radius 3 is 2.60 bits per heavy atom. The summed E-state index contributed by atoms with van der Waals surface area (Å²) >= 11 is 0. The molecule has 0 bridgehead atoms. The summed E-state index contributed by atoms with van der Waals surface area (Å²) in [6.07, 6.45) is 0. The number of ether oxygens (including phenoxy) is 1. The van der Waals surface area contributed by atoms with Gasteiger partial charge in [-0.15, -0.1) is 0 Å². The Labute approximate surface area is 121 Å². The van der Waals surface area contributed by atoms with E-state index in [1.54, 1.807) is 0 Å². The highest BCUT2D eigenvalue weighted by molar-refractivity contribution is 5.46. The number of hydrogen-bond donors (Lipinski definition) is 1. The zero-order valence-electron chi connectivity index (χ0n) is 12.5. The highest BCUT2D eigenvalue weighted by Crippen LogP contribution is 2.16. The van der Waals surface area contributed by atoms with Crippen LogP contribution in [-0.2, 0) is 6.54 Å². The van der Waals surface area contributed by atoms with E-state index in [1.165, 1.54) is 11.1 Å². The summed E-state index contributed by atoms with van der Waals surface area (Å²) in [5.41, 5.74) is 3.65. The minimum atomic E-state index is 0.545. The molecule has 0 fully saturated rings. The third-order valence-corrected chi connectivity index (χ3v) is 3.00. The molecule has 2 nitrogen and oxygen atoms in total. The Morgan fingerprint density at radius 2 is 1.85 bits per heavy atom. The molecule has 0 atom stereocenters. The van der Waals surface area contributed by atoms with Crippen molar-refractivity contribution in [2.75, 3.05) is 11.9 Å². The second-order valence-electron chi connectivity index (χ2n) is 5.58. The summed E-state index contributed by atoms with van der Waals surface area (Å²) in [5.74, 6) is 1.49. The van der Waals surface area contributed by atoms with E-state index in [9.17, 15) is 0 Å². The second kappa shape index (κ2) is 6.99. The Kier molecular flexibility index (Phi) is 5.05. The maximum absolute atomic E-state index is 5.75. The van der Waals surface area contributed by atoms with Gasteiger partial charge in [0, 0.05) is 12.2 Å². The van der Waals surface area contributed by atoms with Crippen LogP contribution >= 0.6 is 0 Å². The molecule has 106 valence electrons. The molecule has 0 aliphatic rings. The molecule has 0 saturated heterocycles. The third-order valence-electron chi connectivity index (χ3n) is 3.00. The van der Waals surface area contributed by atoms with Gasteiger partial charge in [0.2, 0.25) is 0 Å². The predicted molar refractivity (Wildman–Crippen MR) is 85.3 cm³/mol. The first-order valence-corrected chi connectivity index (χ1v) is 7.16. The van der Waals surface area contributed by atoms with Gasteiger partial charge in [-0.2, -0.15) is 0 Å². The van der Waals surface area contributed by atoms with E-state index in [0.717, 1.165) is 24.6 Å². The van der Waals surface area contributed by atoms with Crippen LogP contribution in [0.25, 0.3) is 0 Å². The van der Waals surface area contributed by atoms with E-state index >= 15 is 0 Å². The van der Waals surface area contributed by atoms with E-state index in [-0.39, 0.29) is 0 Å². The summed E-state index contributed by atoms with van der Waals surface area (Å²) in [6, 6.07) is 16.7. The van der Waals surface area contributed by atoms with Crippen LogP contribution in [-0.4, -0.2) is 6.61 Å². The number of aryl methyl sites for hydroxylation is 1. The summed E-state index contributed by atoms with van der Waals surface area (Å²) in [6.45, 7) is 7.98. The molecule has 0 saturated carbocycles. The van der Waals surface area contributed by atoms with Crippen molar-refractivity contribution >= 4 is 5.69 Å². The molecule has 2 aromatic rings. The van der Waals surface area contributed by atoms with Crippen LogP contribution in [0.15, 0.2) is 48.5 Å². The molecule has 0 radical (unpaired) electrons. The molecule has 0 heterocycles. The van der Waals surface area contributed by atoms with Gasteiger partial charge in [-0.25, -0.2) is 0 Å². The molecule has 0 aromatic heterocycles. The van der Waals surface area contributed by atoms with Gasteiger partial charge in [-0.05, 0) is 48.2 Å². The molecule has 1 N–H and O–H groups in total. The quantitative estimate of drug-likeness (QED) is 0.824. The van der Waals surface area contributed by atoms with Crippen molar-refractivity contribution in [1.29, 1.82) is 0 Å². The Bertz CT molecular complexity index is 549. The molecule has 2 aromatic carbocycles. The summed E-state index contributed by atoms with van der Waals surface area (Å²) in [7, 11) is 0. The summed E-state index contributed by atoms with van der Waals surface area (Å²) in [5, 5.41) is 3.44. The van der Waals surface area contributed by atoms with Crippen molar-refractivity contribution in [3.05, 3.63) is 59.7 Å². The number of nitrogens with one attached hydrogen (secondary N) is 1. The Morgan fingerprint density at radius 1 is 1.05 bits per heavy atom. The van der Waals surface area contributed by atoms with E-state index in [0.29, 0.717) is 5.92 Å². The van der Waals surface area contributed by atoms with Crippen LogP contribution in [0.3, 0.4) is 0 Å². The smallest absolute Gasteiger partial charge is 0.119 e. The molecule has 20 heavy (non-hydrogen) atoms. The highest BCUT2D eigenvalue weighted by Gasteiger charge is 2.00. The molecule has 0 aliphatic heterocycles. The third kappa shape index (κ3) is 4.61. The molecular weight excluding hydrogens is 246 g/mol. The topological polar surface area (TPSA) is 21.3 Å². The van der Waals surface area contributed by atoms with Crippen molar-refractivity contribution in [2.45, 2.75) is 27.3 Å². The molecule has 0 spiro atoms. The fourth-order valence-electron chi connectivity index (χ4n) is 1.97. The predicted octanol–water partition coefficient (Wildman–Crippen LogP) is 4.64. The number of hydrogen-bond acceptors (Lipinski definition) is 2. The van der Waals surface area contributed by atoms with Crippen LogP contribution in [0.2, 0.25) is 0 Å². The van der Waals surface area contributed by atoms with E-state index in [4.69, 9.17) is 4.74 Å². The van der Waals surface area contributed by atoms with Crippen molar-refractivity contribution < 1.29 is 4.74 Å². The fourth-order valence-corrected chi connectivity index (χ4v) is 1.97. The number of benzene rings is 2. The largest absolute Gasteiger partial charge is 0.493 e. The van der Waals surface area contributed by atoms with Gasteiger partial charge in [0.05, 0.1) is 6.61 Å². The Balaban J connectivity index is 1.94. The minimum absolute atomic E-state index is 0.545. The SMILES string of the molecule is Cc1cccc(NCc2cccc(OCC(C)C)c2)c1. The minimum Gasteiger partial charge on any atom is -0.493 e. The first-order chi connectivity index (χ1) is 9.63. The van der Waals surface area contributed by atoms with Gasteiger partial charge in [0.15, 0.2) is 0 Å². The molecule has 2 rings (SSSR count). The molecule has 0 aliphatic carbocycles. The first-order valence-electron chi connectivity index (χ1n) is 7.16. The van der Waals surface area contributed by atoms with Gasteiger partial charge in [-0.1, -0.05) is 38.1 Å². The summed E-state index contributed by atoms with van der Waals surface area (Å²) < 4.78 is 5.75. The van der Waals surface area contributed by atoms with Gasteiger partial charge in [0.1, 0.15) is 5.75 Å².